The lowest BCUT2D eigenvalue weighted by atomic mass is 9.64. The van der Waals surface area contributed by atoms with Gasteiger partial charge in [-0.05, 0) is 42.4 Å². The van der Waals surface area contributed by atoms with E-state index in [1.807, 2.05) is 13.8 Å². The largest absolute Gasteiger partial charge is 0.446 e. The number of thioether (sulfide) groups is 1. The average Bonchev–Trinajstić information content (AvgIpc) is 2.37. The van der Waals surface area contributed by atoms with Crippen molar-refractivity contribution in [2.45, 2.75) is 42.8 Å². The van der Waals surface area contributed by atoms with Crippen LogP contribution in [0.5, 0.6) is 0 Å². The summed E-state index contributed by atoms with van der Waals surface area (Å²) in [5.74, 6) is -0.344. The number of benzene rings is 1. The van der Waals surface area contributed by atoms with E-state index in [9.17, 15) is 23.1 Å². The van der Waals surface area contributed by atoms with Crippen molar-refractivity contribution in [2.24, 2.45) is 5.41 Å². The molecule has 0 saturated heterocycles. The van der Waals surface area contributed by atoms with Crippen LogP contribution < -0.4 is 5.32 Å². The maximum atomic E-state index is 12.2. The molecular formula is C14H16F3NO2S. The van der Waals surface area contributed by atoms with E-state index in [0.717, 1.165) is 0 Å². The summed E-state index contributed by atoms with van der Waals surface area (Å²) in [6.07, 6.45) is 0.0363. The monoisotopic (exact) mass is 319 g/mol. The van der Waals surface area contributed by atoms with Gasteiger partial charge in [-0.15, -0.1) is 0 Å². The van der Waals surface area contributed by atoms with Crippen LogP contribution in [-0.4, -0.2) is 28.7 Å². The molecule has 116 valence electrons. The van der Waals surface area contributed by atoms with Crippen molar-refractivity contribution in [3.05, 3.63) is 29.8 Å². The van der Waals surface area contributed by atoms with Gasteiger partial charge in [0, 0.05) is 21.9 Å². The Kier molecular flexibility index (Phi) is 4.26. The topological polar surface area (TPSA) is 49.3 Å². The van der Waals surface area contributed by atoms with Crippen LogP contribution in [0.3, 0.4) is 0 Å². The van der Waals surface area contributed by atoms with Gasteiger partial charge in [0.2, 0.25) is 0 Å². The molecule has 0 bridgehead atoms. The molecule has 21 heavy (non-hydrogen) atoms. The molecule has 1 aliphatic carbocycles. The Morgan fingerprint density at radius 3 is 2.33 bits per heavy atom. The van der Waals surface area contributed by atoms with Crippen LogP contribution in [0, 0.1) is 5.41 Å². The third kappa shape index (κ3) is 3.71. The number of carbonyl (C=O) groups excluding carboxylic acids is 1. The maximum Gasteiger partial charge on any atom is 0.446 e. The summed E-state index contributed by atoms with van der Waals surface area (Å²) in [6, 6.07) is 5.14. The summed E-state index contributed by atoms with van der Waals surface area (Å²) in [5, 5.41) is 12.4. The molecule has 3 nitrogen and oxygen atoms in total. The van der Waals surface area contributed by atoms with Crippen LogP contribution in [0.25, 0.3) is 0 Å². The first-order valence-electron chi connectivity index (χ1n) is 6.44. The summed E-state index contributed by atoms with van der Waals surface area (Å²) in [4.78, 5) is 12.1. The Balaban J connectivity index is 1.98. The molecule has 0 spiro atoms. The standard InChI is InChI=1S/C14H16F3NO2S/c1-13(2)10(7-11(13)19)18-12(20)8-3-5-9(6-4-8)21-14(15,16)17/h3-6,10-11,19H,7H2,1-2H3,(H,18,20). The van der Waals surface area contributed by atoms with Crippen molar-refractivity contribution in [2.75, 3.05) is 0 Å². The van der Waals surface area contributed by atoms with Gasteiger partial charge in [0.1, 0.15) is 0 Å². The number of halogens is 3. The molecule has 7 heteroatoms. The molecule has 1 saturated carbocycles. The molecule has 2 N–H and O–H groups in total. The normalized spacial score (nSPS) is 24.3. The highest BCUT2D eigenvalue weighted by Gasteiger charge is 2.47. The molecule has 1 aromatic rings. The summed E-state index contributed by atoms with van der Waals surface area (Å²) in [7, 11) is 0. The summed E-state index contributed by atoms with van der Waals surface area (Å²) in [5.41, 5.74) is -4.42. The Labute approximate surface area is 124 Å². The van der Waals surface area contributed by atoms with Crippen molar-refractivity contribution in [3.8, 4) is 0 Å². The van der Waals surface area contributed by atoms with Gasteiger partial charge < -0.3 is 10.4 Å². The van der Waals surface area contributed by atoms with Gasteiger partial charge in [-0.1, -0.05) is 13.8 Å². The number of nitrogens with one attached hydrogen (secondary N) is 1. The van der Waals surface area contributed by atoms with E-state index in [1.54, 1.807) is 0 Å². The van der Waals surface area contributed by atoms with Crippen LogP contribution in [-0.2, 0) is 0 Å². The minimum atomic E-state index is -4.34. The molecule has 0 aliphatic heterocycles. The van der Waals surface area contributed by atoms with Gasteiger partial charge in [0.15, 0.2) is 0 Å². The van der Waals surface area contributed by atoms with Crippen molar-refractivity contribution >= 4 is 17.7 Å². The third-order valence-electron chi connectivity index (χ3n) is 3.87. The van der Waals surface area contributed by atoms with Crippen LogP contribution in [0.4, 0.5) is 13.2 Å². The quantitative estimate of drug-likeness (QED) is 0.841. The molecule has 1 aromatic carbocycles. The van der Waals surface area contributed by atoms with Gasteiger partial charge in [-0.3, -0.25) is 4.79 Å². The molecule has 0 heterocycles. The number of aliphatic hydroxyl groups excluding tert-OH is 1. The van der Waals surface area contributed by atoms with Crippen LogP contribution in [0.15, 0.2) is 29.2 Å². The lowest BCUT2D eigenvalue weighted by molar-refractivity contribution is -0.0689. The first kappa shape index (κ1) is 16.2. The van der Waals surface area contributed by atoms with Crippen molar-refractivity contribution in [1.29, 1.82) is 0 Å². The zero-order valence-corrected chi connectivity index (χ0v) is 12.4. The Morgan fingerprint density at radius 1 is 1.33 bits per heavy atom. The predicted octanol–water partition coefficient (Wildman–Crippen LogP) is 3.19. The second kappa shape index (κ2) is 5.53. The zero-order chi connectivity index (χ0) is 15.8. The van der Waals surface area contributed by atoms with E-state index in [4.69, 9.17) is 0 Å². The van der Waals surface area contributed by atoms with Gasteiger partial charge in [-0.25, -0.2) is 0 Å². The Bertz CT molecular complexity index is 528. The average molecular weight is 319 g/mol. The van der Waals surface area contributed by atoms with Crippen LogP contribution in [0.1, 0.15) is 30.6 Å². The second-order valence-electron chi connectivity index (χ2n) is 5.67. The molecule has 0 radical (unpaired) electrons. The highest BCUT2D eigenvalue weighted by Crippen LogP contribution is 2.40. The molecule has 2 atom stereocenters. The number of hydrogen-bond donors (Lipinski definition) is 2. The van der Waals surface area contributed by atoms with E-state index in [1.165, 1.54) is 24.3 Å². The van der Waals surface area contributed by atoms with Gasteiger partial charge in [0.05, 0.1) is 6.10 Å². The molecular weight excluding hydrogens is 303 g/mol. The Morgan fingerprint density at radius 2 is 1.90 bits per heavy atom. The van der Waals surface area contributed by atoms with Crippen molar-refractivity contribution in [3.63, 3.8) is 0 Å². The predicted molar refractivity (Wildman–Crippen MR) is 74.0 cm³/mol. The van der Waals surface area contributed by atoms with Gasteiger partial charge in [-0.2, -0.15) is 13.2 Å². The second-order valence-corrected chi connectivity index (χ2v) is 6.81. The highest BCUT2D eigenvalue weighted by atomic mass is 32.2. The fourth-order valence-corrected chi connectivity index (χ4v) is 2.74. The number of carbonyl (C=O) groups is 1. The van der Waals surface area contributed by atoms with E-state index in [2.05, 4.69) is 5.32 Å². The third-order valence-corrected chi connectivity index (χ3v) is 4.61. The molecule has 1 amide bonds. The minimum Gasteiger partial charge on any atom is -0.392 e. The number of amides is 1. The number of alkyl halides is 3. The first-order valence-corrected chi connectivity index (χ1v) is 7.26. The number of rotatable bonds is 3. The van der Waals surface area contributed by atoms with Crippen molar-refractivity contribution < 1.29 is 23.1 Å². The first-order chi connectivity index (χ1) is 9.59. The summed E-state index contributed by atoms with van der Waals surface area (Å²) in [6.45, 7) is 3.71. The Hall–Kier alpha value is -1.21. The lowest BCUT2D eigenvalue weighted by Crippen LogP contribution is -2.61. The fourth-order valence-electron chi connectivity index (χ4n) is 2.20. The van der Waals surface area contributed by atoms with E-state index >= 15 is 0 Å². The van der Waals surface area contributed by atoms with Crippen LogP contribution in [0.2, 0.25) is 0 Å². The van der Waals surface area contributed by atoms with Crippen LogP contribution >= 0.6 is 11.8 Å². The number of hydrogen-bond acceptors (Lipinski definition) is 3. The smallest absolute Gasteiger partial charge is 0.392 e. The number of aliphatic hydroxyl groups is 1. The van der Waals surface area contributed by atoms with Gasteiger partial charge in [0.25, 0.3) is 5.91 Å². The zero-order valence-electron chi connectivity index (χ0n) is 11.6. The van der Waals surface area contributed by atoms with Gasteiger partial charge >= 0.3 is 5.51 Å². The molecule has 1 fully saturated rings. The minimum absolute atomic E-state index is 0.0402. The fraction of sp³-hybridized carbons (Fsp3) is 0.500. The molecule has 1 aliphatic rings. The van der Waals surface area contributed by atoms with E-state index in [-0.39, 0.29) is 34.0 Å². The molecule has 2 rings (SSSR count). The highest BCUT2D eigenvalue weighted by molar-refractivity contribution is 8.00. The van der Waals surface area contributed by atoms with Crippen molar-refractivity contribution in [1.82, 2.24) is 5.32 Å². The van der Waals surface area contributed by atoms with E-state index < -0.39 is 11.6 Å². The SMILES string of the molecule is CC1(C)C(O)CC1NC(=O)c1ccc(SC(F)(F)F)cc1. The van der Waals surface area contributed by atoms with E-state index in [0.29, 0.717) is 12.0 Å². The maximum absolute atomic E-state index is 12.2. The molecule has 0 aromatic heterocycles. The summed E-state index contributed by atoms with van der Waals surface area (Å²) >= 11 is -0.214. The lowest BCUT2D eigenvalue weighted by Gasteiger charge is -2.49. The summed E-state index contributed by atoms with van der Waals surface area (Å²) < 4.78 is 36.6. The molecule has 2 unspecified atom stereocenters.